The van der Waals surface area contributed by atoms with Gasteiger partial charge in [0.15, 0.2) is 0 Å². The number of rotatable bonds is 2. The Kier molecular flexibility index (Phi) is 3.61. The Morgan fingerprint density at radius 2 is 1.84 bits per heavy atom. The van der Waals surface area contributed by atoms with Crippen molar-refractivity contribution in [3.05, 3.63) is 53.2 Å². The predicted octanol–water partition coefficient (Wildman–Crippen LogP) is 1.37. The van der Waals surface area contributed by atoms with Crippen LogP contribution < -0.4 is 10.9 Å². The molecule has 98 valence electrons. The van der Waals surface area contributed by atoms with Gasteiger partial charge in [0, 0.05) is 11.9 Å². The first-order valence-corrected chi connectivity index (χ1v) is 5.65. The SMILES string of the molecule is Cc1ccc(C(=O)NNC(=O)c2ccoc2C)cn1. The number of aromatic nitrogens is 1. The maximum absolute atomic E-state index is 11.7. The molecule has 0 aromatic carbocycles. The molecule has 0 atom stereocenters. The highest BCUT2D eigenvalue weighted by Crippen LogP contribution is 2.07. The van der Waals surface area contributed by atoms with Crippen molar-refractivity contribution in [1.29, 1.82) is 0 Å². The summed E-state index contributed by atoms with van der Waals surface area (Å²) in [6.45, 7) is 3.49. The molecule has 2 rings (SSSR count). The molecule has 0 saturated carbocycles. The highest BCUT2D eigenvalue weighted by atomic mass is 16.3. The molecule has 19 heavy (non-hydrogen) atoms. The van der Waals surface area contributed by atoms with Crippen molar-refractivity contribution in [1.82, 2.24) is 15.8 Å². The normalized spacial score (nSPS) is 10.0. The predicted molar refractivity (Wildman–Crippen MR) is 67.4 cm³/mol. The molecular weight excluding hydrogens is 246 g/mol. The summed E-state index contributed by atoms with van der Waals surface area (Å²) in [5.74, 6) is -0.370. The third-order valence-electron chi connectivity index (χ3n) is 2.57. The summed E-state index contributed by atoms with van der Waals surface area (Å²) in [5.41, 5.74) is 6.19. The summed E-state index contributed by atoms with van der Waals surface area (Å²) in [6, 6.07) is 4.88. The van der Waals surface area contributed by atoms with Crippen molar-refractivity contribution in [2.75, 3.05) is 0 Å². The lowest BCUT2D eigenvalue weighted by Gasteiger charge is -2.06. The van der Waals surface area contributed by atoms with Crippen molar-refractivity contribution < 1.29 is 14.0 Å². The summed E-state index contributed by atoms with van der Waals surface area (Å²) < 4.78 is 5.01. The maximum Gasteiger partial charge on any atom is 0.273 e. The maximum atomic E-state index is 11.7. The number of carbonyl (C=O) groups is 2. The second kappa shape index (κ2) is 5.34. The van der Waals surface area contributed by atoms with Gasteiger partial charge >= 0.3 is 0 Å². The van der Waals surface area contributed by atoms with Gasteiger partial charge in [-0.05, 0) is 32.0 Å². The van der Waals surface area contributed by atoms with E-state index in [4.69, 9.17) is 4.42 Å². The molecule has 0 saturated heterocycles. The van der Waals surface area contributed by atoms with Gasteiger partial charge in [0.05, 0.1) is 17.4 Å². The fourth-order valence-electron chi connectivity index (χ4n) is 1.48. The summed E-state index contributed by atoms with van der Waals surface area (Å²) in [5, 5.41) is 0. The lowest BCUT2D eigenvalue weighted by molar-refractivity contribution is 0.0845. The fourth-order valence-corrected chi connectivity index (χ4v) is 1.48. The van der Waals surface area contributed by atoms with E-state index in [1.54, 1.807) is 19.1 Å². The van der Waals surface area contributed by atoms with Gasteiger partial charge in [-0.15, -0.1) is 0 Å². The first kappa shape index (κ1) is 12.8. The average molecular weight is 259 g/mol. The first-order chi connectivity index (χ1) is 9.08. The van der Waals surface area contributed by atoms with Gasteiger partial charge in [-0.3, -0.25) is 25.4 Å². The van der Waals surface area contributed by atoms with Crippen LogP contribution in [0.25, 0.3) is 0 Å². The molecule has 0 fully saturated rings. The van der Waals surface area contributed by atoms with Crippen LogP contribution in [-0.4, -0.2) is 16.8 Å². The molecule has 0 bridgehead atoms. The monoisotopic (exact) mass is 259 g/mol. The van der Waals surface area contributed by atoms with E-state index in [0.717, 1.165) is 5.69 Å². The van der Waals surface area contributed by atoms with Gasteiger partial charge in [-0.2, -0.15) is 0 Å². The molecule has 0 aliphatic heterocycles. The largest absolute Gasteiger partial charge is 0.469 e. The van der Waals surface area contributed by atoms with E-state index in [1.165, 1.54) is 18.5 Å². The Bertz CT molecular complexity index is 602. The number of pyridine rings is 1. The van der Waals surface area contributed by atoms with Crippen LogP contribution in [0.15, 0.2) is 35.1 Å². The Morgan fingerprint density at radius 1 is 1.11 bits per heavy atom. The number of nitrogens with one attached hydrogen (secondary N) is 2. The standard InChI is InChI=1S/C13H13N3O3/c1-8-3-4-10(7-14-8)12(17)15-16-13(18)11-5-6-19-9(11)2/h3-7H,1-2H3,(H,15,17)(H,16,18). The highest BCUT2D eigenvalue weighted by molar-refractivity contribution is 5.99. The van der Waals surface area contributed by atoms with Crippen LogP contribution >= 0.6 is 0 Å². The van der Waals surface area contributed by atoms with Crippen LogP contribution in [0.2, 0.25) is 0 Å². The van der Waals surface area contributed by atoms with E-state index in [-0.39, 0.29) is 0 Å². The molecule has 0 spiro atoms. The van der Waals surface area contributed by atoms with E-state index in [1.807, 2.05) is 6.92 Å². The molecule has 0 unspecified atom stereocenters. The zero-order chi connectivity index (χ0) is 13.8. The Labute approximate surface area is 109 Å². The Morgan fingerprint density at radius 3 is 2.42 bits per heavy atom. The van der Waals surface area contributed by atoms with Crippen LogP contribution in [0.3, 0.4) is 0 Å². The van der Waals surface area contributed by atoms with Crippen LogP contribution in [-0.2, 0) is 0 Å². The van der Waals surface area contributed by atoms with Crippen LogP contribution in [0.5, 0.6) is 0 Å². The first-order valence-electron chi connectivity index (χ1n) is 5.65. The minimum atomic E-state index is -0.431. The van der Waals surface area contributed by atoms with Crippen molar-refractivity contribution in [2.24, 2.45) is 0 Å². The summed E-state index contributed by atoms with van der Waals surface area (Å²) >= 11 is 0. The highest BCUT2D eigenvalue weighted by Gasteiger charge is 2.12. The molecule has 2 heterocycles. The Balaban J connectivity index is 1.96. The van der Waals surface area contributed by atoms with Crippen molar-refractivity contribution >= 4 is 11.8 Å². The lowest BCUT2D eigenvalue weighted by atomic mass is 10.2. The smallest absolute Gasteiger partial charge is 0.273 e. The molecule has 6 nitrogen and oxygen atoms in total. The van der Waals surface area contributed by atoms with Crippen molar-refractivity contribution in [2.45, 2.75) is 13.8 Å². The second-order valence-corrected chi connectivity index (χ2v) is 3.99. The van der Waals surface area contributed by atoms with E-state index in [9.17, 15) is 9.59 Å². The molecule has 2 amide bonds. The second-order valence-electron chi connectivity index (χ2n) is 3.99. The number of amides is 2. The van der Waals surface area contributed by atoms with Crippen LogP contribution in [0.4, 0.5) is 0 Å². The Hall–Kier alpha value is -2.63. The molecule has 6 heteroatoms. The van der Waals surface area contributed by atoms with E-state index >= 15 is 0 Å². The van der Waals surface area contributed by atoms with Gasteiger partial charge in [0.1, 0.15) is 5.76 Å². The van der Waals surface area contributed by atoms with Crippen LogP contribution in [0, 0.1) is 13.8 Å². The lowest BCUT2D eigenvalue weighted by Crippen LogP contribution is -2.41. The number of aryl methyl sites for hydroxylation is 2. The number of hydrogen-bond acceptors (Lipinski definition) is 4. The topological polar surface area (TPSA) is 84.2 Å². The van der Waals surface area contributed by atoms with Crippen molar-refractivity contribution in [3.8, 4) is 0 Å². The number of hydrogen-bond donors (Lipinski definition) is 2. The van der Waals surface area contributed by atoms with E-state index in [0.29, 0.717) is 16.9 Å². The van der Waals surface area contributed by atoms with Gasteiger partial charge in [-0.1, -0.05) is 0 Å². The summed E-state index contributed by atoms with van der Waals surface area (Å²) in [4.78, 5) is 27.4. The third-order valence-corrected chi connectivity index (χ3v) is 2.57. The average Bonchev–Trinajstić information content (AvgIpc) is 2.83. The van der Waals surface area contributed by atoms with E-state index < -0.39 is 11.8 Å². The van der Waals surface area contributed by atoms with Crippen molar-refractivity contribution in [3.63, 3.8) is 0 Å². The quantitative estimate of drug-likeness (QED) is 0.798. The molecule has 0 radical (unpaired) electrons. The molecule has 2 N–H and O–H groups in total. The summed E-state index contributed by atoms with van der Waals surface area (Å²) in [7, 11) is 0. The number of nitrogens with zero attached hydrogens (tertiary/aromatic N) is 1. The molecule has 2 aromatic rings. The van der Waals surface area contributed by atoms with Gasteiger partial charge < -0.3 is 4.42 Å². The zero-order valence-corrected chi connectivity index (χ0v) is 10.6. The molecular formula is C13H13N3O3. The number of carbonyl (C=O) groups excluding carboxylic acids is 2. The third kappa shape index (κ3) is 2.98. The zero-order valence-electron chi connectivity index (χ0n) is 10.6. The number of hydrazine groups is 1. The van der Waals surface area contributed by atoms with Gasteiger partial charge in [0.25, 0.3) is 11.8 Å². The molecule has 0 aliphatic carbocycles. The van der Waals surface area contributed by atoms with Crippen LogP contribution in [0.1, 0.15) is 32.2 Å². The minimum absolute atomic E-state index is 0.370. The minimum Gasteiger partial charge on any atom is -0.469 e. The number of furan rings is 1. The molecule has 2 aromatic heterocycles. The van der Waals surface area contributed by atoms with Gasteiger partial charge in [0.2, 0.25) is 0 Å². The fraction of sp³-hybridized carbons (Fsp3) is 0.154. The summed E-state index contributed by atoms with van der Waals surface area (Å²) in [6.07, 6.45) is 2.86. The molecule has 0 aliphatic rings. The van der Waals surface area contributed by atoms with E-state index in [2.05, 4.69) is 15.8 Å². The van der Waals surface area contributed by atoms with Gasteiger partial charge in [-0.25, -0.2) is 0 Å².